The summed E-state index contributed by atoms with van der Waals surface area (Å²) in [5.74, 6) is -0.0494. The first-order valence-corrected chi connectivity index (χ1v) is 4.48. The molecule has 0 fully saturated rings. The van der Waals surface area contributed by atoms with E-state index in [-0.39, 0.29) is 12.5 Å². The van der Waals surface area contributed by atoms with E-state index in [2.05, 4.69) is 5.32 Å². The lowest BCUT2D eigenvalue weighted by molar-refractivity contribution is -0.122. The van der Waals surface area contributed by atoms with E-state index in [1.807, 2.05) is 0 Å². The molecule has 0 aromatic carbocycles. The standard InChI is InChI=1S/C8H15F3N2O2/c1-5(2)6(3-14)13-7(15)12-4-8(9,10)11/h5-6,14H,3-4H2,1-2H3,(H2,12,13,15). The van der Waals surface area contributed by atoms with Crippen molar-refractivity contribution in [2.75, 3.05) is 13.2 Å². The summed E-state index contributed by atoms with van der Waals surface area (Å²) in [4.78, 5) is 10.9. The molecule has 1 unspecified atom stereocenters. The lowest BCUT2D eigenvalue weighted by Gasteiger charge is -2.20. The van der Waals surface area contributed by atoms with Gasteiger partial charge in [-0.3, -0.25) is 0 Å². The molecule has 0 rings (SSSR count). The zero-order chi connectivity index (χ0) is 12.1. The molecule has 2 amide bonds. The Labute approximate surface area is 85.8 Å². The van der Waals surface area contributed by atoms with Crippen LogP contribution in [0.4, 0.5) is 18.0 Å². The molecule has 7 heteroatoms. The van der Waals surface area contributed by atoms with Crippen LogP contribution in [0.25, 0.3) is 0 Å². The van der Waals surface area contributed by atoms with Gasteiger partial charge in [-0.15, -0.1) is 0 Å². The second kappa shape index (κ2) is 5.79. The van der Waals surface area contributed by atoms with Gasteiger partial charge in [-0.2, -0.15) is 13.2 Å². The smallest absolute Gasteiger partial charge is 0.394 e. The van der Waals surface area contributed by atoms with Crippen molar-refractivity contribution in [2.45, 2.75) is 26.1 Å². The molecule has 4 nitrogen and oxygen atoms in total. The molecular weight excluding hydrogens is 213 g/mol. The highest BCUT2D eigenvalue weighted by molar-refractivity contribution is 5.74. The summed E-state index contributed by atoms with van der Waals surface area (Å²) in [5, 5.41) is 12.7. The summed E-state index contributed by atoms with van der Waals surface area (Å²) in [6, 6.07) is -1.47. The fourth-order valence-electron chi connectivity index (χ4n) is 0.823. The predicted molar refractivity (Wildman–Crippen MR) is 48.3 cm³/mol. The van der Waals surface area contributed by atoms with Gasteiger partial charge < -0.3 is 15.7 Å². The Morgan fingerprint density at radius 3 is 2.27 bits per heavy atom. The number of aliphatic hydroxyl groups excluding tert-OH is 1. The van der Waals surface area contributed by atoms with Gasteiger partial charge in [-0.25, -0.2) is 4.79 Å². The van der Waals surface area contributed by atoms with Crippen LogP contribution in [0.1, 0.15) is 13.8 Å². The maximum absolute atomic E-state index is 11.7. The maximum atomic E-state index is 11.7. The van der Waals surface area contributed by atoms with E-state index in [0.717, 1.165) is 0 Å². The summed E-state index contributed by atoms with van der Waals surface area (Å²) in [5.41, 5.74) is 0. The third-order valence-electron chi connectivity index (χ3n) is 1.77. The van der Waals surface area contributed by atoms with Crippen LogP contribution >= 0.6 is 0 Å². The van der Waals surface area contributed by atoms with Crippen LogP contribution in [0.15, 0.2) is 0 Å². The van der Waals surface area contributed by atoms with Gasteiger partial charge in [0.15, 0.2) is 0 Å². The molecule has 0 saturated carbocycles. The van der Waals surface area contributed by atoms with E-state index in [0.29, 0.717) is 0 Å². The number of nitrogens with one attached hydrogen (secondary N) is 2. The number of aliphatic hydroxyl groups is 1. The second-order valence-electron chi connectivity index (χ2n) is 3.48. The van der Waals surface area contributed by atoms with E-state index < -0.39 is 24.8 Å². The number of rotatable bonds is 4. The van der Waals surface area contributed by atoms with E-state index in [9.17, 15) is 18.0 Å². The van der Waals surface area contributed by atoms with Crippen molar-refractivity contribution in [3.05, 3.63) is 0 Å². The summed E-state index contributed by atoms with van der Waals surface area (Å²) < 4.78 is 35.1. The summed E-state index contributed by atoms with van der Waals surface area (Å²) >= 11 is 0. The van der Waals surface area contributed by atoms with Crippen molar-refractivity contribution in [1.82, 2.24) is 10.6 Å². The van der Waals surface area contributed by atoms with Crippen molar-refractivity contribution in [1.29, 1.82) is 0 Å². The molecule has 90 valence electrons. The Kier molecular flexibility index (Phi) is 5.41. The van der Waals surface area contributed by atoms with Crippen LogP contribution in [0.3, 0.4) is 0 Å². The average molecular weight is 228 g/mol. The summed E-state index contributed by atoms with van der Waals surface area (Å²) in [7, 11) is 0. The number of carbonyl (C=O) groups is 1. The SMILES string of the molecule is CC(C)C(CO)NC(=O)NCC(F)(F)F. The third kappa shape index (κ3) is 7.01. The summed E-state index contributed by atoms with van der Waals surface area (Å²) in [6.45, 7) is 1.79. The van der Waals surface area contributed by atoms with Crippen molar-refractivity contribution in [3.63, 3.8) is 0 Å². The van der Waals surface area contributed by atoms with Gasteiger partial charge in [0.05, 0.1) is 12.6 Å². The third-order valence-corrected chi connectivity index (χ3v) is 1.77. The van der Waals surface area contributed by atoms with Crippen LogP contribution in [0.2, 0.25) is 0 Å². The number of hydrogen-bond acceptors (Lipinski definition) is 2. The summed E-state index contributed by atoms with van der Waals surface area (Å²) in [6.07, 6.45) is -4.43. The first kappa shape index (κ1) is 14.0. The van der Waals surface area contributed by atoms with E-state index in [4.69, 9.17) is 5.11 Å². The van der Waals surface area contributed by atoms with Gasteiger partial charge in [0.25, 0.3) is 0 Å². The van der Waals surface area contributed by atoms with Gasteiger partial charge >= 0.3 is 12.2 Å². The quantitative estimate of drug-likeness (QED) is 0.668. The Morgan fingerprint density at radius 2 is 1.93 bits per heavy atom. The van der Waals surface area contributed by atoms with Crippen LogP contribution in [0, 0.1) is 5.92 Å². The van der Waals surface area contributed by atoms with E-state index in [1.165, 1.54) is 0 Å². The average Bonchev–Trinajstić information content (AvgIpc) is 2.09. The topological polar surface area (TPSA) is 61.4 Å². The molecule has 0 aromatic rings. The number of urea groups is 1. The monoisotopic (exact) mass is 228 g/mol. The van der Waals surface area contributed by atoms with Crippen LogP contribution < -0.4 is 10.6 Å². The molecule has 15 heavy (non-hydrogen) atoms. The zero-order valence-corrected chi connectivity index (χ0v) is 8.56. The minimum Gasteiger partial charge on any atom is -0.394 e. The zero-order valence-electron chi connectivity index (χ0n) is 8.56. The Morgan fingerprint density at radius 1 is 1.40 bits per heavy atom. The van der Waals surface area contributed by atoms with Gasteiger partial charge in [0.1, 0.15) is 6.54 Å². The number of alkyl halides is 3. The minimum absolute atomic E-state index is 0.0494. The highest BCUT2D eigenvalue weighted by Crippen LogP contribution is 2.12. The highest BCUT2D eigenvalue weighted by Gasteiger charge is 2.28. The first-order chi connectivity index (χ1) is 6.76. The molecule has 0 aromatic heterocycles. The van der Waals surface area contributed by atoms with E-state index >= 15 is 0 Å². The fourth-order valence-corrected chi connectivity index (χ4v) is 0.823. The molecule has 0 saturated heterocycles. The molecule has 0 spiro atoms. The fraction of sp³-hybridized carbons (Fsp3) is 0.875. The Balaban J connectivity index is 3.92. The molecular formula is C8H15F3N2O2. The normalized spacial score (nSPS) is 13.8. The van der Waals surface area contributed by atoms with Crippen molar-refractivity contribution in [3.8, 4) is 0 Å². The highest BCUT2D eigenvalue weighted by atomic mass is 19.4. The molecule has 0 aliphatic rings. The number of amides is 2. The molecule has 1 atom stereocenters. The lowest BCUT2D eigenvalue weighted by atomic mass is 10.1. The molecule has 0 bridgehead atoms. The second-order valence-corrected chi connectivity index (χ2v) is 3.48. The maximum Gasteiger partial charge on any atom is 0.405 e. The first-order valence-electron chi connectivity index (χ1n) is 4.48. The number of hydrogen-bond donors (Lipinski definition) is 3. The largest absolute Gasteiger partial charge is 0.405 e. The van der Waals surface area contributed by atoms with Gasteiger partial charge in [0, 0.05) is 0 Å². The van der Waals surface area contributed by atoms with Crippen molar-refractivity contribution >= 4 is 6.03 Å². The van der Waals surface area contributed by atoms with Gasteiger partial charge in [0.2, 0.25) is 0 Å². The van der Waals surface area contributed by atoms with Crippen molar-refractivity contribution in [2.24, 2.45) is 5.92 Å². The molecule has 0 heterocycles. The molecule has 0 aliphatic carbocycles. The molecule has 3 N–H and O–H groups in total. The lowest BCUT2D eigenvalue weighted by Crippen LogP contribution is -2.48. The molecule has 0 radical (unpaired) electrons. The molecule has 0 aliphatic heterocycles. The Hall–Kier alpha value is -0.980. The number of carbonyl (C=O) groups excluding carboxylic acids is 1. The number of halogens is 3. The van der Waals surface area contributed by atoms with Crippen molar-refractivity contribution < 1.29 is 23.1 Å². The van der Waals surface area contributed by atoms with E-state index in [1.54, 1.807) is 19.2 Å². The van der Waals surface area contributed by atoms with Gasteiger partial charge in [-0.1, -0.05) is 13.8 Å². The van der Waals surface area contributed by atoms with Crippen LogP contribution in [-0.2, 0) is 0 Å². The van der Waals surface area contributed by atoms with Crippen LogP contribution in [0.5, 0.6) is 0 Å². The predicted octanol–water partition coefficient (Wildman–Crippen LogP) is 0.865. The van der Waals surface area contributed by atoms with Crippen LogP contribution in [-0.4, -0.2) is 36.5 Å². The Bertz CT molecular complexity index is 207. The minimum atomic E-state index is -4.43. The van der Waals surface area contributed by atoms with Gasteiger partial charge in [-0.05, 0) is 5.92 Å².